The van der Waals surface area contributed by atoms with Gasteiger partial charge in [-0.2, -0.15) is 0 Å². The van der Waals surface area contributed by atoms with Crippen molar-refractivity contribution in [2.75, 3.05) is 0 Å². The van der Waals surface area contributed by atoms with Gasteiger partial charge in [0, 0.05) is 75.5 Å². The van der Waals surface area contributed by atoms with Gasteiger partial charge in [0.2, 0.25) is 0 Å². The molecule has 24 heavy (non-hydrogen) atoms. The Morgan fingerprint density at radius 2 is 0.917 bits per heavy atom. The zero-order chi connectivity index (χ0) is 16.9. The van der Waals surface area contributed by atoms with Gasteiger partial charge in [-0.1, -0.05) is 52.0 Å². The minimum atomic E-state index is 0. The number of hydrogen-bond acceptors (Lipinski definition) is 2. The largest absolute Gasteiger partial charge is 0.508 e. The van der Waals surface area contributed by atoms with E-state index in [1.807, 2.05) is 26.0 Å². The molecule has 2 N–H and O–H groups in total. The van der Waals surface area contributed by atoms with Gasteiger partial charge in [0.1, 0.15) is 11.5 Å². The molecule has 0 fully saturated rings. The first-order chi connectivity index (χ1) is 10.3. The molecule has 2 aromatic carbocycles. The molecule has 0 atom stereocenters. The first-order valence-corrected chi connectivity index (χ1v) is 7.82. The third-order valence-electron chi connectivity index (χ3n) is 3.94. The maximum Gasteiger partial charge on any atom is 0.118 e. The predicted octanol–water partition coefficient (Wildman–Crippen LogP) is 4.89. The van der Waals surface area contributed by atoms with Crippen LogP contribution in [0.15, 0.2) is 36.4 Å². The van der Waals surface area contributed by atoms with Gasteiger partial charge in [-0.05, 0) is 60.1 Å². The van der Waals surface area contributed by atoms with E-state index in [9.17, 15) is 10.2 Å². The monoisotopic (exact) mass is 380 g/mol. The van der Waals surface area contributed by atoms with E-state index in [0.29, 0.717) is 23.3 Å². The molecule has 0 aliphatic rings. The summed E-state index contributed by atoms with van der Waals surface area (Å²) < 4.78 is 0. The van der Waals surface area contributed by atoms with Gasteiger partial charge in [-0.15, -0.1) is 0 Å². The fourth-order valence-corrected chi connectivity index (χ4v) is 2.53. The van der Waals surface area contributed by atoms with Crippen LogP contribution in [0.2, 0.25) is 0 Å². The molecule has 0 aromatic heterocycles. The Hall–Kier alpha value is 0.559. The standard InChI is InChI=1S/2C10H14O.2Ca/c2*1-7(2)9-5-4-6-10(11)8(9)3;;/h2*4-7,11H,1-3H3;;. The third-order valence-corrected chi connectivity index (χ3v) is 3.94. The molecule has 0 aliphatic heterocycles. The topological polar surface area (TPSA) is 40.5 Å². The molecule has 0 heterocycles. The summed E-state index contributed by atoms with van der Waals surface area (Å²) in [5, 5.41) is 18.7. The van der Waals surface area contributed by atoms with Crippen LogP contribution in [0.25, 0.3) is 0 Å². The van der Waals surface area contributed by atoms with Crippen LogP contribution in [0, 0.1) is 13.8 Å². The first-order valence-electron chi connectivity index (χ1n) is 7.82. The quantitative estimate of drug-likeness (QED) is 0.729. The van der Waals surface area contributed by atoms with Crippen molar-refractivity contribution in [1.82, 2.24) is 0 Å². The number of phenolic OH excluding ortho intramolecular Hbond substituents is 2. The number of benzene rings is 2. The zero-order valence-corrected chi connectivity index (χ0v) is 20.3. The second-order valence-electron chi connectivity index (χ2n) is 6.29. The summed E-state index contributed by atoms with van der Waals surface area (Å²) in [5.74, 6) is 1.77. The van der Waals surface area contributed by atoms with Crippen LogP contribution in [0.4, 0.5) is 0 Å². The van der Waals surface area contributed by atoms with E-state index in [4.69, 9.17) is 0 Å². The number of hydrogen-bond donors (Lipinski definition) is 2. The van der Waals surface area contributed by atoms with E-state index in [0.717, 1.165) is 11.1 Å². The van der Waals surface area contributed by atoms with E-state index in [1.54, 1.807) is 12.1 Å². The molecule has 0 saturated carbocycles. The van der Waals surface area contributed by atoms with Crippen molar-refractivity contribution in [3.63, 3.8) is 0 Å². The fourth-order valence-electron chi connectivity index (χ4n) is 2.53. The first kappa shape index (κ1) is 26.8. The molecule has 0 bridgehead atoms. The molecule has 0 aliphatic carbocycles. The minimum Gasteiger partial charge on any atom is -0.508 e. The van der Waals surface area contributed by atoms with Crippen LogP contribution in [-0.4, -0.2) is 85.7 Å². The van der Waals surface area contributed by atoms with Crippen LogP contribution < -0.4 is 0 Å². The van der Waals surface area contributed by atoms with E-state index < -0.39 is 0 Å². The Labute approximate surface area is 206 Å². The third kappa shape index (κ3) is 7.85. The predicted molar refractivity (Wildman–Crippen MR) is 105 cm³/mol. The summed E-state index contributed by atoms with van der Waals surface area (Å²) in [4.78, 5) is 0. The number of phenols is 2. The summed E-state index contributed by atoms with van der Waals surface area (Å²) >= 11 is 0. The molecule has 2 aromatic rings. The second kappa shape index (κ2) is 12.8. The molecule has 0 spiro atoms. The van der Waals surface area contributed by atoms with Crippen molar-refractivity contribution in [2.45, 2.75) is 53.4 Å². The van der Waals surface area contributed by atoms with E-state index in [-0.39, 0.29) is 75.5 Å². The number of aromatic hydroxyl groups is 2. The second-order valence-corrected chi connectivity index (χ2v) is 6.29. The van der Waals surface area contributed by atoms with Crippen molar-refractivity contribution >= 4 is 75.5 Å². The maximum atomic E-state index is 9.35. The van der Waals surface area contributed by atoms with Gasteiger partial charge in [0.25, 0.3) is 0 Å². The summed E-state index contributed by atoms with van der Waals surface area (Å²) in [7, 11) is 0. The van der Waals surface area contributed by atoms with Crippen LogP contribution in [0.5, 0.6) is 11.5 Å². The van der Waals surface area contributed by atoms with Gasteiger partial charge >= 0.3 is 0 Å². The summed E-state index contributed by atoms with van der Waals surface area (Å²) in [6, 6.07) is 11.3. The smallest absolute Gasteiger partial charge is 0.118 e. The SMILES string of the molecule is Cc1c(O)cccc1C(C)C.Cc1c(O)cccc1C(C)C.[Ca].[Ca]. The molecule has 0 unspecified atom stereocenters. The van der Waals surface area contributed by atoms with E-state index in [1.165, 1.54) is 11.1 Å². The van der Waals surface area contributed by atoms with Crippen molar-refractivity contribution in [2.24, 2.45) is 0 Å². The Bertz CT molecular complexity index is 568. The molecule has 0 saturated heterocycles. The van der Waals surface area contributed by atoms with Gasteiger partial charge in [0.05, 0.1) is 0 Å². The van der Waals surface area contributed by atoms with Crippen molar-refractivity contribution < 1.29 is 10.2 Å². The van der Waals surface area contributed by atoms with Crippen molar-refractivity contribution in [3.8, 4) is 11.5 Å². The van der Waals surface area contributed by atoms with Crippen LogP contribution in [-0.2, 0) is 0 Å². The number of rotatable bonds is 2. The summed E-state index contributed by atoms with van der Waals surface area (Å²) in [6.07, 6.45) is 0. The molecule has 2 nitrogen and oxygen atoms in total. The Morgan fingerprint density at radius 3 is 1.12 bits per heavy atom. The zero-order valence-electron chi connectivity index (χ0n) is 15.9. The van der Waals surface area contributed by atoms with Crippen molar-refractivity contribution in [3.05, 3.63) is 58.7 Å². The maximum absolute atomic E-state index is 9.35. The molecule has 0 amide bonds. The molecule has 2 rings (SSSR count). The molecule has 4 radical (unpaired) electrons. The van der Waals surface area contributed by atoms with Crippen LogP contribution in [0.1, 0.15) is 61.8 Å². The van der Waals surface area contributed by atoms with Crippen molar-refractivity contribution in [1.29, 1.82) is 0 Å². The normalized spacial score (nSPS) is 9.67. The average Bonchev–Trinajstić information content (AvgIpc) is 2.45. The Kier molecular flexibility index (Phi) is 14.3. The minimum absolute atomic E-state index is 0. The van der Waals surface area contributed by atoms with Crippen LogP contribution >= 0.6 is 0 Å². The average molecular weight is 381 g/mol. The van der Waals surface area contributed by atoms with Gasteiger partial charge in [-0.3, -0.25) is 0 Å². The van der Waals surface area contributed by atoms with Crippen LogP contribution in [0.3, 0.4) is 0 Å². The van der Waals surface area contributed by atoms with Gasteiger partial charge in [-0.25, -0.2) is 0 Å². The van der Waals surface area contributed by atoms with Gasteiger partial charge in [0.15, 0.2) is 0 Å². The molecule has 4 heteroatoms. The fraction of sp³-hybridized carbons (Fsp3) is 0.400. The Morgan fingerprint density at radius 1 is 0.625 bits per heavy atom. The Balaban J connectivity index is 0. The van der Waals surface area contributed by atoms with E-state index >= 15 is 0 Å². The van der Waals surface area contributed by atoms with E-state index in [2.05, 4.69) is 39.8 Å². The molecular formula is C20H28Ca2O2. The summed E-state index contributed by atoms with van der Waals surface area (Å²) in [5.41, 5.74) is 4.46. The van der Waals surface area contributed by atoms with Gasteiger partial charge < -0.3 is 10.2 Å². The summed E-state index contributed by atoms with van der Waals surface area (Å²) in [6.45, 7) is 12.4. The molecule has 124 valence electrons. The molecular weight excluding hydrogens is 352 g/mol.